The monoisotopic (exact) mass is 238 g/mol. The minimum Gasteiger partial charge on any atom is -0.342 e. The molecule has 2 heterocycles. The molecule has 0 saturated carbocycles. The van der Waals surface area contributed by atoms with Gasteiger partial charge in [0.25, 0.3) is 0 Å². The molecule has 2 aliphatic rings. The van der Waals surface area contributed by atoms with Crippen LogP contribution >= 0.6 is 0 Å². The first-order chi connectivity index (χ1) is 8.29. The molecule has 1 N–H and O–H groups in total. The lowest BCUT2D eigenvalue weighted by molar-refractivity contribution is -0.127. The average Bonchev–Trinajstić information content (AvgIpc) is 2.69. The fraction of sp³-hybridized carbons (Fsp3) is 0.929. The molecule has 0 aromatic rings. The van der Waals surface area contributed by atoms with E-state index in [1.165, 1.54) is 32.1 Å². The summed E-state index contributed by atoms with van der Waals surface area (Å²) in [5.41, 5.74) is 0. The minimum absolute atomic E-state index is 0.400. The van der Waals surface area contributed by atoms with Gasteiger partial charge in [0.05, 0.1) is 0 Å². The molecule has 3 heteroatoms. The zero-order valence-electron chi connectivity index (χ0n) is 11.1. The second-order valence-electron chi connectivity index (χ2n) is 5.68. The molecule has 1 atom stereocenters. The van der Waals surface area contributed by atoms with E-state index in [4.69, 9.17) is 0 Å². The summed E-state index contributed by atoms with van der Waals surface area (Å²) in [5, 5.41) is 3.39. The molecule has 2 fully saturated rings. The second-order valence-corrected chi connectivity index (χ2v) is 5.68. The molecule has 17 heavy (non-hydrogen) atoms. The van der Waals surface area contributed by atoms with Crippen molar-refractivity contribution < 1.29 is 4.79 Å². The van der Waals surface area contributed by atoms with Crippen molar-refractivity contribution >= 4 is 5.91 Å². The van der Waals surface area contributed by atoms with Crippen molar-refractivity contribution in [2.24, 2.45) is 11.8 Å². The Bertz CT molecular complexity index is 249. The number of nitrogens with one attached hydrogen (secondary N) is 1. The van der Waals surface area contributed by atoms with Crippen LogP contribution in [0.15, 0.2) is 0 Å². The quantitative estimate of drug-likeness (QED) is 0.795. The van der Waals surface area contributed by atoms with Gasteiger partial charge in [-0.05, 0) is 50.6 Å². The third-order valence-corrected chi connectivity index (χ3v) is 4.26. The Morgan fingerprint density at radius 1 is 1.24 bits per heavy atom. The molecule has 2 rings (SSSR count). The molecule has 0 radical (unpaired) electrons. The van der Waals surface area contributed by atoms with Gasteiger partial charge >= 0.3 is 0 Å². The molecule has 0 aromatic carbocycles. The van der Waals surface area contributed by atoms with E-state index < -0.39 is 0 Å². The number of likely N-dealkylation sites (tertiary alicyclic amines) is 1. The summed E-state index contributed by atoms with van der Waals surface area (Å²) < 4.78 is 0. The molecule has 0 aromatic heterocycles. The highest BCUT2D eigenvalue weighted by Gasteiger charge is 2.28. The summed E-state index contributed by atoms with van der Waals surface area (Å²) >= 11 is 0. The van der Waals surface area contributed by atoms with E-state index >= 15 is 0 Å². The lowest BCUT2D eigenvalue weighted by Gasteiger charge is -2.25. The Kier molecular flexibility index (Phi) is 4.84. The Labute approximate surface area is 105 Å². The number of piperidine rings is 1. The third-order valence-electron chi connectivity index (χ3n) is 4.26. The van der Waals surface area contributed by atoms with E-state index in [1.54, 1.807) is 0 Å². The molecule has 0 aliphatic carbocycles. The maximum Gasteiger partial charge on any atom is 0.222 e. The van der Waals surface area contributed by atoms with Crippen molar-refractivity contribution in [3.8, 4) is 0 Å². The summed E-state index contributed by atoms with van der Waals surface area (Å²) in [5.74, 6) is 1.88. The first kappa shape index (κ1) is 12.9. The lowest BCUT2D eigenvalue weighted by atomic mass is 9.94. The Morgan fingerprint density at radius 3 is 2.71 bits per heavy atom. The zero-order chi connectivity index (χ0) is 12.1. The molecule has 2 saturated heterocycles. The topological polar surface area (TPSA) is 32.3 Å². The Morgan fingerprint density at radius 2 is 2.00 bits per heavy atom. The predicted molar refractivity (Wildman–Crippen MR) is 69.8 cm³/mol. The smallest absolute Gasteiger partial charge is 0.222 e. The highest BCUT2D eigenvalue weighted by Crippen LogP contribution is 2.24. The van der Waals surface area contributed by atoms with Gasteiger partial charge < -0.3 is 10.2 Å². The Balaban J connectivity index is 1.69. The van der Waals surface area contributed by atoms with Crippen LogP contribution in [0.3, 0.4) is 0 Å². The van der Waals surface area contributed by atoms with E-state index in [9.17, 15) is 4.79 Å². The van der Waals surface area contributed by atoms with Crippen molar-refractivity contribution in [1.29, 1.82) is 0 Å². The number of nitrogens with zero attached hydrogens (tertiary/aromatic N) is 1. The number of rotatable bonds is 5. The van der Waals surface area contributed by atoms with Crippen molar-refractivity contribution in [3.05, 3.63) is 0 Å². The number of hydrogen-bond acceptors (Lipinski definition) is 2. The number of amides is 1. The summed E-state index contributed by atoms with van der Waals surface area (Å²) in [4.78, 5) is 14.0. The molecular formula is C14H26N2O. The molecule has 3 nitrogen and oxygen atoms in total. The normalized spacial score (nSPS) is 26.8. The molecule has 0 spiro atoms. The standard InChI is InChI=1S/C14H26N2O/c1-2-3-13-10-14(17)16(11-13)9-6-12-4-7-15-8-5-12/h12-13,15H,2-11H2,1H3. The third kappa shape index (κ3) is 3.70. The van der Waals surface area contributed by atoms with Gasteiger partial charge in [-0.25, -0.2) is 0 Å². The number of carbonyl (C=O) groups is 1. The van der Waals surface area contributed by atoms with Crippen LogP contribution in [-0.4, -0.2) is 37.0 Å². The van der Waals surface area contributed by atoms with Crippen molar-refractivity contribution in [2.75, 3.05) is 26.2 Å². The van der Waals surface area contributed by atoms with Crippen LogP contribution in [0.4, 0.5) is 0 Å². The van der Waals surface area contributed by atoms with E-state index in [-0.39, 0.29) is 0 Å². The molecule has 2 aliphatic heterocycles. The predicted octanol–water partition coefficient (Wildman–Crippen LogP) is 2.02. The first-order valence-electron chi connectivity index (χ1n) is 7.28. The lowest BCUT2D eigenvalue weighted by Crippen LogP contribution is -2.32. The van der Waals surface area contributed by atoms with Crippen LogP contribution in [-0.2, 0) is 4.79 Å². The van der Waals surface area contributed by atoms with Gasteiger partial charge in [0, 0.05) is 19.5 Å². The van der Waals surface area contributed by atoms with Gasteiger partial charge in [0.1, 0.15) is 0 Å². The van der Waals surface area contributed by atoms with E-state index in [0.717, 1.165) is 38.5 Å². The van der Waals surface area contributed by atoms with E-state index in [2.05, 4.69) is 17.1 Å². The molecule has 1 amide bonds. The van der Waals surface area contributed by atoms with Crippen LogP contribution in [0.1, 0.15) is 45.4 Å². The van der Waals surface area contributed by atoms with Crippen LogP contribution in [0, 0.1) is 11.8 Å². The Hall–Kier alpha value is -0.570. The molecule has 98 valence electrons. The van der Waals surface area contributed by atoms with Crippen molar-refractivity contribution in [1.82, 2.24) is 10.2 Å². The minimum atomic E-state index is 0.400. The number of carbonyl (C=O) groups excluding carboxylic acids is 1. The number of hydrogen-bond donors (Lipinski definition) is 1. The van der Waals surface area contributed by atoms with Crippen LogP contribution in [0.2, 0.25) is 0 Å². The van der Waals surface area contributed by atoms with Gasteiger partial charge in [-0.3, -0.25) is 4.79 Å². The van der Waals surface area contributed by atoms with Crippen molar-refractivity contribution in [2.45, 2.75) is 45.4 Å². The van der Waals surface area contributed by atoms with Gasteiger partial charge in [-0.15, -0.1) is 0 Å². The second kappa shape index (κ2) is 6.39. The summed E-state index contributed by atoms with van der Waals surface area (Å²) in [6.45, 7) is 6.57. The molecule has 0 bridgehead atoms. The fourth-order valence-electron chi connectivity index (χ4n) is 3.18. The van der Waals surface area contributed by atoms with Crippen LogP contribution < -0.4 is 5.32 Å². The highest BCUT2D eigenvalue weighted by atomic mass is 16.2. The van der Waals surface area contributed by atoms with Crippen LogP contribution in [0.5, 0.6) is 0 Å². The fourth-order valence-corrected chi connectivity index (χ4v) is 3.18. The maximum absolute atomic E-state index is 11.8. The average molecular weight is 238 g/mol. The van der Waals surface area contributed by atoms with Gasteiger partial charge in [-0.1, -0.05) is 13.3 Å². The first-order valence-corrected chi connectivity index (χ1v) is 7.28. The van der Waals surface area contributed by atoms with Gasteiger partial charge in [0.2, 0.25) is 5.91 Å². The molecular weight excluding hydrogens is 212 g/mol. The van der Waals surface area contributed by atoms with Crippen LogP contribution in [0.25, 0.3) is 0 Å². The summed E-state index contributed by atoms with van der Waals surface area (Å²) in [7, 11) is 0. The molecule has 1 unspecified atom stereocenters. The van der Waals surface area contributed by atoms with E-state index in [0.29, 0.717) is 11.8 Å². The largest absolute Gasteiger partial charge is 0.342 e. The highest BCUT2D eigenvalue weighted by molar-refractivity contribution is 5.78. The van der Waals surface area contributed by atoms with Gasteiger partial charge in [0.15, 0.2) is 0 Å². The van der Waals surface area contributed by atoms with E-state index in [1.807, 2.05) is 0 Å². The summed E-state index contributed by atoms with van der Waals surface area (Å²) in [6, 6.07) is 0. The zero-order valence-corrected chi connectivity index (χ0v) is 11.1. The van der Waals surface area contributed by atoms with Crippen molar-refractivity contribution in [3.63, 3.8) is 0 Å². The van der Waals surface area contributed by atoms with Gasteiger partial charge in [-0.2, -0.15) is 0 Å². The summed E-state index contributed by atoms with van der Waals surface area (Å²) in [6.07, 6.45) is 7.03. The maximum atomic E-state index is 11.8. The SMILES string of the molecule is CCCC1CC(=O)N(CCC2CCNCC2)C1.